The first-order valence-electron chi connectivity index (χ1n) is 12.1. The third-order valence-corrected chi connectivity index (χ3v) is 9.77. The lowest BCUT2D eigenvalue weighted by atomic mass is 9.78. The van der Waals surface area contributed by atoms with Gasteiger partial charge in [0.1, 0.15) is 5.82 Å². The van der Waals surface area contributed by atoms with Gasteiger partial charge < -0.3 is 11.1 Å². The number of nitriles is 1. The highest BCUT2D eigenvalue weighted by Gasteiger charge is 2.42. The van der Waals surface area contributed by atoms with Crippen LogP contribution in [0.15, 0.2) is 56.6 Å². The number of Topliss-reactive ketones (excluding diaryl/α,β-unsaturated/α-hetero) is 1. The predicted molar refractivity (Wildman–Crippen MR) is 152 cm³/mol. The van der Waals surface area contributed by atoms with E-state index in [4.69, 9.17) is 5.73 Å². The summed E-state index contributed by atoms with van der Waals surface area (Å²) in [6.07, 6.45) is 1.80. The minimum atomic E-state index is -0.463. The Labute approximate surface area is 233 Å². The molecule has 3 N–H and O–H groups in total. The van der Waals surface area contributed by atoms with Crippen LogP contribution in [0, 0.1) is 32.1 Å². The fraction of sp³-hybridized carbons (Fsp3) is 0.296. The molecule has 1 atom stereocenters. The Hall–Kier alpha value is -3.46. The quantitative estimate of drug-likeness (QED) is 0.374. The summed E-state index contributed by atoms with van der Waals surface area (Å²) < 4.78 is 0.600. The van der Waals surface area contributed by atoms with Crippen LogP contribution < -0.4 is 16.0 Å². The zero-order chi connectivity index (χ0) is 27.0. The minimum Gasteiger partial charge on any atom is -0.384 e. The molecule has 2 aliphatic rings. The van der Waals surface area contributed by atoms with Crippen LogP contribution in [0.3, 0.4) is 0 Å². The van der Waals surface area contributed by atoms with Gasteiger partial charge in [0.25, 0.3) is 0 Å². The summed E-state index contributed by atoms with van der Waals surface area (Å²) in [5, 5.41) is 24.2. The van der Waals surface area contributed by atoms with Crippen molar-refractivity contribution in [1.82, 2.24) is 10.2 Å². The molecule has 8 nitrogen and oxygen atoms in total. The van der Waals surface area contributed by atoms with Crippen LogP contribution in [0.2, 0.25) is 0 Å². The number of anilines is 2. The van der Waals surface area contributed by atoms with Crippen LogP contribution >= 0.6 is 34.4 Å². The van der Waals surface area contributed by atoms with Gasteiger partial charge in [0, 0.05) is 28.3 Å². The monoisotopic (exact) mass is 562 g/mol. The Balaban J connectivity index is 1.41. The van der Waals surface area contributed by atoms with Crippen molar-refractivity contribution >= 4 is 56.9 Å². The topological polar surface area (TPSA) is 125 Å². The van der Waals surface area contributed by atoms with E-state index in [-0.39, 0.29) is 23.3 Å². The number of hydrogen-bond acceptors (Lipinski definition) is 10. The first-order chi connectivity index (χ1) is 18.3. The molecular formula is C27H26N6O2S3. The second-order valence-electron chi connectivity index (χ2n) is 9.29. The third kappa shape index (κ3) is 4.87. The van der Waals surface area contributed by atoms with E-state index < -0.39 is 5.92 Å². The molecule has 3 aromatic rings. The molecule has 0 spiro atoms. The van der Waals surface area contributed by atoms with Crippen molar-refractivity contribution in [2.45, 2.75) is 50.3 Å². The van der Waals surface area contributed by atoms with E-state index in [1.54, 1.807) is 4.90 Å². The highest BCUT2D eigenvalue weighted by atomic mass is 32.2. The molecule has 194 valence electrons. The Morgan fingerprint density at radius 3 is 2.76 bits per heavy atom. The standard InChI is InChI=1S/C27H26N6O2S3/c1-14-7-8-18(16(3)11-14)30-21(35)13-37-27-32-31-26(38-27)33-19-5-4-6-20(34)23(19)22(17(12-28)25(33)29)24-15(2)9-10-36-24/h7-11,22H,4-6,13,29H2,1-3H3,(H,30,35). The second kappa shape index (κ2) is 10.7. The first kappa shape index (κ1) is 26.2. The SMILES string of the molecule is Cc1ccc(NC(=O)CSc2nnc(N3C(N)=C(C#N)C(c4sccc4C)C4=C3CCCC4=O)s2)c(C)c1. The highest BCUT2D eigenvalue weighted by molar-refractivity contribution is 8.01. The number of allylic oxidation sites excluding steroid dienone is 3. The third-order valence-electron chi connectivity index (χ3n) is 6.65. The van der Waals surface area contributed by atoms with Crippen molar-refractivity contribution < 1.29 is 9.59 Å². The van der Waals surface area contributed by atoms with Crippen molar-refractivity contribution in [2.75, 3.05) is 16.0 Å². The van der Waals surface area contributed by atoms with Gasteiger partial charge in [0.2, 0.25) is 11.0 Å². The zero-order valence-electron chi connectivity index (χ0n) is 21.2. The van der Waals surface area contributed by atoms with Gasteiger partial charge in [-0.1, -0.05) is 40.8 Å². The van der Waals surface area contributed by atoms with Crippen molar-refractivity contribution in [3.63, 3.8) is 0 Å². The number of ketones is 1. The number of aryl methyl sites for hydroxylation is 3. The maximum Gasteiger partial charge on any atom is 0.234 e. The first-order valence-corrected chi connectivity index (χ1v) is 14.8. The summed E-state index contributed by atoms with van der Waals surface area (Å²) >= 11 is 4.11. The molecule has 3 heterocycles. The van der Waals surface area contributed by atoms with Crippen LogP contribution in [0.4, 0.5) is 10.8 Å². The average Bonchev–Trinajstić information content (AvgIpc) is 3.53. The molecule has 1 unspecified atom stereocenters. The Morgan fingerprint density at radius 1 is 1.24 bits per heavy atom. The Kier molecular flexibility index (Phi) is 7.38. The van der Waals surface area contributed by atoms with Crippen LogP contribution in [0.1, 0.15) is 46.7 Å². The van der Waals surface area contributed by atoms with Gasteiger partial charge in [-0.2, -0.15) is 5.26 Å². The summed E-state index contributed by atoms with van der Waals surface area (Å²) in [6.45, 7) is 5.96. The lowest BCUT2D eigenvalue weighted by Crippen LogP contribution is -2.38. The average molecular weight is 563 g/mol. The van der Waals surface area contributed by atoms with E-state index in [2.05, 4.69) is 21.6 Å². The van der Waals surface area contributed by atoms with Crippen LogP contribution in [-0.4, -0.2) is 27.6 Å². The van der Waals surface area contributed by atoms with E-state index >= 15 is 0 Å². The highest BCUT2D eigenvalue weighted by Crippen LogP contribution is 2.48. The molecule has 11 heteroatoms. The van der Waals surface area contributed by atoms with Crippen molar-refractivity contribution in [2.24, 2.45) is 5.73 Å². The number of carbonyl (C=O) groups excluding carboxylic acids is 2. The van der Waals surface area contributed by atoms with E-state index in [0.29, 0.717) is 39.9 Å². The number of nitrogens with one attached hydrogen (secondary N) is 1. The molecule has 0 saturated heterocycles. The number of nitrogens with zero attached hydrogens (tertiary/aromatic N) is 4. The van der Waals surface area contributed by atoms with Gasteiger partial charge in [-0.3, -0.25) is 14.5 Å². The summed E-state index contributed by atoms with van der Waals surface area (Å²) in [5.41, 5.74) is 12.3. The molecule has 38 heavy (non-hydrogen) atoms. The lowest BCUT2D eigenvalue weighted by molar-refractivity contribution is -0.116. The van der Waals surface area contributed by atoms with Crippen molar-refractivity contribution in [3.05, 3.63) is 73.9 Å². The van der Waals surface area contributed by atoms with Crippen molar-refractivity contribution in [1.29, 1.82) is 5.26 Å². The number of carbonyl (C=O) groups is 2. The smallest absolute Gasteiger partial charge is 0.234 e. The molecule has 0 bridgehead atoms. The van der Waals surface area contributed by atoms with Gasteiger partial charge >= 0.3 is 0 Å². The van der Waals surface area contributed by atoms with Gasteiger partial charge in [-0.25, -0.2) is 0 Å². The molecule has 0 radical (unpaired) electrons. The maximum absolute atomic E-state index is 13.2. The summed E-state index contributed by atoms with van der Waals surface area (Å²) in [5.74, 6) is -0.117. The van der Waals surface area contributed by atoms with E-state index in [1.165, 1.54) is 34.4 Å². The molecule has 2 aromatic heterocycles. The molecule has 1 aromatic carbocycles. The Bertz CT molecular complexity index is 1540. The number of hydrogen-bond donors (Lipinski definition) is 2. The number of thiophene rings is 1. The number of thioether (sulfide) groups is 1. The van der Waals surface area contributed by atoms with Gasteiger partial charge in [-0.05, 0) is 62.3 Å². The summed E-state index contributed by atoms with van der Waals surface area (Å²) in [7, 11) is 0. The molecule has 1 aliphatic heterocycles. The normalized spacial score (nSPS) is 17.5. The molecule has 1 aliphatic carbocycles. The number of benzene rings is 1. The minimum absolute atomic E-state index is 0.0384. The number of amides is 1. The fourth-order valence-corrected chi connectivity index (χ4v) is 7.59. The molecule has 0 saturated carbocycles. The van der Waals surface area contributed by atoms with Gasteiger partial charge in [0.15, 0.2) is 10.1 Å². The number of rotatable bonds is 6. The second-order valence-corrected chi connectivity index (χ2v) is 12.4. The lowest BCUT2D eigenvalue weighted by Gasteiger charge is -2.37. The van der Waals surface area contributed by atoms with Crippen molar-refractivity contribution in [3.8, 4) is 6.07 Å². The molecule has 1 amide bonds. The van der Waals surface area contributed by atoms with Gasteiger partial charge in [-0.15, -0.1) is 21.5 Å². The van der Waals surface area contributed by atoms with E-state index in [1.807, 2.05) is 50.4 Å². The molecule has 0 fully saturated rings. The van der Waals surface area contributed by atoms with E-state index in [9.17, 15) is 14.9 Å². The molecular weight excluding hydrogens is 537 g/mol. The largest absolute Gasteiger partial charge is 0.384 e. The summed E-state index contributed by atoms with van der Waals surface area (Å²) in [4.78, 5) is 28.5. The van der Waals surface area contributed by atoms with Crippen LogP contribution in [0.5, 0.6) is 0 Å². The summed E-state index contributed by atoms with van der Waals surface area (Å²) in [6, 6.07) is 10.2. The Morgan fingerprint density at radius 2 is 2.05 bits per heavy atom. The number of nitrogens with two attached hydrogens (primary N) is 1. The predicted octanol–water partition coefficient (Wildman–Crippen LogP) is 5.56. The van der Waals surface area contributed by atoms with Gasteiger partial charge in [0.05, 0.1) is 23.3 Å². The number of aromatic nitrogens is 2. The van der Waals surface area contributed by atoms with Crippen LogP contribution in [-0.2, 0) is 9.59 Å². The van der Waals surface area contributed by atoms with E-state index in [0.717, 1.165) is 33.0 Å². The fourth-order valence-electron chi connectivity index (χ4n) is 4.87. The molecule has 5 rings (SSSR count). The zero-order valence-corrected chi connectivity index (χ0v) is 23.6. The maximum atomic E-state index is 13.2. The van der Waals surface area contributed by atoms with Crippen LogP contribution in [0.25, 0.3) is 0 Å².